The van der Waals surface area contributed by atoms with E-state index in [1.807, 2.05) is 0 Å². The third-order valence-electron chi connectivity index (χ3n) is 8.38. The van der Waals surface area contributed by atoms with Gasteiger partial charge in [-0.05, 0) is 49.1 Å². The predicted molar refractivity (Wildman–Crippen MR) is 136 cm³/mol. The Bertz CT molecular complexity index is 1170. The molecular weight excluding hydrogens is 462 g/mol. The summed E-state index contributed by atoms with van der Waals surface area (Å²) >= 11 is 7.98. The van der Waals surface area contributed by atoms with Gasteiger partial charge in [-0.1, -0.05) is 72.3 Å². The summed E-state index contributed by atoms with van der Waals surface area (Å²) < 4.78 is 0.621. The molecule has 0 radical (unpaired) electrons. The van der Waals surface area contributed by atoms with E-state index in [4.69, 9.17) is 11.6 Å². The van der Waals surface area contributed by atoms with Crippen molar-refractivity contribution in [3.63, 3.8) is 0 Å². The lowest BCUT2D eigenvalue weighted by atomic mass is 9.68. The average Bonchev–Trinajstić information content (AvgIpc) is 3.48. The van der Waals surface area contributed by atoms with Crippen LogP contribution < -0.4 is 5.32 Å². The number of carbonyl (C=O) groups excluding carboxylic acids is 1. The Morgan fingerprint density at radius 1 is 1.09 bits per heavy atom. The molecule has 2 aliphatic heterocycles. The molecule has 1 amide bonds. The predicted octanol–water partition coefficient (Wildman–Crippen LogP) is 4.71. The number of hydrogen-bond acceptors (Lipinski definition) is 3. The summed E-state index contributed by atoms with van der Waals surface area (Å²) in [7, 11) is 0. The minimum atomic E-state index is -0.118. The van der Waals surface area contributed by atoms with E-state index in [1.54, 1.807) is 11.3 Å². The van der Waals surface area contributed by atoms with Gasteiger partial charge in [0.15, 0.2) is 4.47 Å². The zero-order valence-corrected chi connectivity index (χ0v) is 20.9. The molecule has 4 nitrogen and oxygen atoms in total. The fraction of sp³-hybridized carbons (Fsp3) is 0.429. The van der Waals surface area contributed by atoms with Crippen molar-refractivity contribution in [3.8, 4) is 0 Å². The SMILES string of the molecule is O=C([C@@H]1C[NH2+]C[C@]12CCCc1nc(Cl)sc12)N1CC[C@@H](c2ccccc2)C[C@H]1c1ccccc1. The Balaban J connectivity index is 1.33. The molecule has 2 aromatic carbocycles. The van der Waals surface area contributed by atoms with E-state index >= 15 is 0 Å². The molecule has 6 heteroatoms. The maximum Gasteiger partial charge on any atom is 0.233 e. The third-order valence-corrected chi connectivity index (χ3v) is 9.80. The Kier molecular flexibility index (Phi) is 5.96. The Morgan fingerprint density at radius 2 is 1.82 bits per heavy atom. The molecule has 1 aliphatic carbocycles. The van der Waals surface area contributed by atoms with Crippen LogP contribution in [0.2, 0.25) is 4.47 Å². The van der Waals surface area contributed by atoms with Crippen molar-refractivity contribution in [1.82, 2.24) is 9.88 Å². The monoisotopic (exact) mass is 492 g/mol. The van der Waals surface area contributed by atoms with Crippen molar-refractivity contribution >= 4 is 28.8 Å². The molecular formula is C28H31ClN3OS+. The van der Waals surface area contributed by atoms with E-state index in [9.17, 15) is 4.79 Å². The molecule has 0 bridgehead atoms. The number of nitrogens with two attached hydrogens (primary N) is 1. The molecule has 3 aliphatic rings. The number of rotatable bonds is 3. The van der Waals surface area contributed by atoms with Crippen molar-refractivity contribution < 1.29 is 10.1 Å². The number of halogens is 1. The number of fused-ring (bicyclic) bond motifs is 2. The molecule has 0 unspecified atom stereocenters. The summed E-state index contributed by atoms with van der Waals surface area (Å²) in [6, 6.07) is 21.6. The first-order valence-electron chi connectivity index (χ1n) is 12.5. The smallest absolute Gasteiger partial charge is 0.233 e. The molecule has 4 atom stereocenters. The topological polar surface area (TPSA) is 49.8 Å². The van der Waals surface area contributed by atoms with Crippen LogP contribution in [-0.2, 0) is 16.6 Å². The second-order valence-corrected chi connectivity index (χ2v) is 11.7. The lowest BCUT2D eigenvalue weighted by Crippen LogP contribution is -2.82. The van der Waals surface area contributed by atoms with Gasteiger partial charge in [0, 0.05) is 11.4 Å². The second-order valence-electron chi connectivity index (χ2n) is 10.1. The maximum absolute atomic E-state index is 14.4. The van der Waals surface area contributed by atoms with Gasteiger partial charge in [0.05, 0.1) is 30.2 Å². The largest absolute Gasteiger partial charge is 0.345 e. The lowest BCUT2D eigenvalue weighted by Gasteiger charge is -2.43. The van der Waals surface area contributed by atoms with Gasteiger partial charge >= 0.3 is 0 Å². The minimum absolute atomic E-state index is 0.0115. The summed E-state index contributed by atoms with van der Waals surface area (Å²) in [6.45, 7) is 2.63. The number of piperidine rings is 1. The maximum atomic E-state index is 14.4. The number of nitrogens with zero attached hydrogens (tertiary/aromatic N) is 2. The van der Waals surface area contributed by atoms with Crippen molar-refractivity contribution in [1.29, 1.82) is 0 Å². The zero-order chi connectivity index (χ0) is 23.1. The van der Waals surface area contributed by atoms with Gasteiger partial charge in [-0.2, -0.15) is 0 Å². The van der Waals surface area contributed by atoms with E-state index in [0.29, 0.717) is 16.3 Å². The van der Waals surface area contributed by atoms with Gasteiger partial charge in [0.2, 0.25) is 5.91 Å². The number of benzene rings is 2. The lowest BCUT2D eigenvalue weighted by molar-refractivity contribution is -0.640. The number of quaternary nitrogens is 1. The number of likely N-dealkylation sites (tertiary alicyclic amines) is 1. The van der Waals surface area contributed by atoms with Gasteiger partial charge < -0.3 is 10.2 Å². The standard InChI is InChI=1S/C28H30ClN3OS/c29-27-31-23-12-7-14-28(25(23)34-27)18-30-17-22(28)26(33)32-15-13-21(19-8-3-1-4-9-19)16-24(32)20-10-5-2-6-11-20/h1-6,8-11,21-22,24,30H,7,12-18H2/p+1/t21-,22+,24+,28-/m1/s1. The normalized spacial score (nSPS) is 28.7. The van der Waals surface area contributed by atoms with Crippen LogP contribution in [0.25, 0.3) is 0 Å². The fourth-order valence-corrected chi connectivity index (χ4v) is 8.21. The summed E-state index contributed by atoms with van der Waals surface area (Å²) in [6.07, 6.45) is 5.11. The highest BCUT2D eigenvalue weighted by molar-refractivity contribution is 7.16. The van der Waals surface area contributed by atoms with Crippen LogP contribution in [0.15, 0.2) is 60.7 Å². The van der Waals surface area contributed by atoms with E-state index < -0.39 is 0 Å². The Morgan fingerprint density at radius 3 is 2.59 bits per heavy atom. The van der Waals surface area contributed by atoms with E-state index in [2.05, 4.69) is 75.9 Å². The van der Waals surface area contributed by atoms with Crippen LogP contribution in [0.4, 0.5) is 0 Å². The average molecular weight is 493 g/mol. The first-order valence-corrected chi connectivity index (χ1v) is 13.7. The Hall–Kier alpha value is -2.21. The summed E-state index contributed by atoms with van der Waals surface area (Å²) in [5.74, 6) is 0.787. The zero-order valence-electron chi connectivity index (χ0n) is 19.3. The molecule has 2 saturated heterocycles. The molecule has 3 aromatic rings. The van der Waals surface area contributed by atoms with Crippen LogP contribution >= 0.6 is 22.9 Å². The summed E-state index contributed by atoms with van der Waals surface area (Å²) in [5.41, 5.74) is 3.65. The number of hydrogen-bond donors (Lipinski definition) is 1. The van der Waals surface area contributed by atoms with Crippen molar-refractivity contribution in [3.05, 3.63) is 86.8 Å². The molecule has 1 spiro atoms. The third kappa shape index (κ3) is 3.78. The molecule has 176 valence electrons. The van der Waals surface area contributed by atoms with Gasteiger partial charge in [0.1, 0.15) is 5.92 Å². The number of aryl methyl sites for hydroxylation is 1. The van der Waals surface area contributed by atoms with Crippen molar-refractivity contribution in [2.24, 2.45) is 5.92 Å². The first kappa shape index (κ1) is 22.3. The molecule has 2 fully saturated rings. The molecule has 1 aromatic heterocycles. The van der Waals surface area contributed by atoms with E-state index in [-0.39, 0.29) is 17.4 Å². The molecule has 2 N–H and O–H groups in total. The van der Waals surface area contributed by atoms with Gasteiger partial charge in [-0.15, -0.1) is 11.3 Å². The number of amides is 1. The highest BCUT2D eigenvalue weighted by atomic mass is 35.5. The van der Waals surface area contributed by atoms with Crippen molar-refractivity contribution in [2.45, 2.75) is 49.5 Å². The van der Waals surface area contributed by atoms with Crippen LogP contribution in [0.1, 0.15) is 59.3 Å². The Labute approximate surface area is 210 Å². The van der Waals surface area contributed by atoms with Crippen LogP contribution in [0.5, 0.6) is 0 Å². The number of carbonyl (C=O) groups is 1. The van der Waals surface area contributed by atoms with E-state index in [1.165, 1.54) is 16.0 Å². The quantitative estimate of drug-likeness (QED) is 0.575. The minimum Gasteiger partial charge on any atom is -0.345 e. The van der Waals surface area contributed by atoms with E-state index in [0.717, 1.165) is 57.4 Å². The van der Waals surface area contributed by atoms with Crippen LogP contribution in [0, 0.1) is 5.92 Å². The summed E-state index contributed by atoms with van der Waals surface area (Å²) in [5, 5.41) is 2.35. The molecule has 0 saturated carbocycles. The molecule has 6 rings (SSSR count). The van der Waals surface area contributed by atoms with Gasteiger partial charge in [-0.3, -0.25) is 4.79 Å². The highest BCUT2D eigenvalue weighted by Crippen LogP contribution is 2.49. The second kappa shape index (κ2) is 9.10. The summed E-state index contributed by atoms with van der Waals surface area (Å²) in [4.78, 5) is 22.5. The van der Waals surface area contributed by atoms with Gasteiger partial charge in [0.25, 0.3) is 0 Å². The first-order chi connectivity index (χ1) is 16.7. The highest BCUT2D eigenvalue weighted by Gasteiger charge is 2.56. The van der Waals surface area contributed by atoms with Crippen LogP contribution in [-0.4, -0.2) is 35.4 Å². The number of thiazole rings is 1. The molecule has 34 heavy (non-hydrogen) atoms. The van der Waals surface area contributed by atoms with Gasteiger partial charge in [-0.25, -0.2) is 4.98 Å². The fourth-order valence-electron chi connectivity index (χ4n) is 6.75. The van der Waals surface area contributed by atoms with Crippen molar-refractivity contribution in [2.75, 3.05) is 19.6 Å². The molecule has 3 heterocycles. The number of aromatic nitrogens is 1. The van der Waals surface area contributed by atoms with Crippen LogP contribution in [0.3, 0.4) is 0 Å².